The van der Waals surface area contributed by atoms with Crippen molar-refractivity contribution >= 4 is 0 Å². The quantitative estimate of drug-likeness (QED) is 0.709. The van der Waals surface area contributed by atoms with Crippen LogP contribution in [0.4, 0.5) is 0 Å². The lowest BCUT2D eigenvalue weighted by Gasteiger charge is -2.09. The van der Waals surface area contributed by atoms with Crippen LogP contribution in [0.3, 0.4) is 0 Å². The summed E-state index contributed by atoms with van der Waals surface area (Å²) in [5, 5.41) is 16.6. The van der Waals surface area contributed by atoms with Crippen molar-refractivity contribution in [3.63, 3.8) is 0 Å². The van der Waals surface area contributed by atoms with E-state index in [1.165, 1.54) is 0 Å². The van der Waals surface area contributed by atoms with Crippen molar-refractivity contribution in [1.82, 2.24) is 19.9 Å². The van der Waals surface area contributed by atoms with Gasteiger partial charge in [-0.05, 0) is 34.0 Å². The minimum Gasteiger partial charge on any atom is -0.309 e. The summed E-state index contributed by atoms with van der Waals surface area (Å²) in [4.78, 5) is 2.14. The van der Waals surface area contributed by atoms with E-state index in [1.54, 1.807) is 0 Å². The van der Waals surface area contributed by atoms with Crippen molar-refractivity contribution in [3.05, 3.63) is 11.4 Å². The molecule has 5 heteroatoms. The summed E-state index contributed by atoms with van der Waals surface area (Å²) in [7, 11) is 4.10. The molecule has 0 amide bonds. The average molecular weight is 207 g/mol. The topological polar surface area (TPSA) is 57.7 Å². The van der Waals surface area contributed by atoms with Crippen molar-refractivity contribution in [3.8, 4) is 6.07 Å². The second kappa shape index (κ2) is 5.47. The molecule has 0 radical (unpaired) electrons. The maximum Gasteiger partial charge on any atom is 0.0996 e. The van der Waals surface area contributed by atoms with Crippen molar-refractivity contribution < 1.29 is 0 Å². The third-order valence-electron chi connectivity index (χ3n) is 2.30. The highest BCUT2D eigenvalue weighted by Crippen LogP contribution is 2.04. The Morgan fingerprint density at radius 2 is 2.20 bits per heavy atom. The lowest BCUT2D eigenvalue weighted by Crippen LogP contribution is -2.15. The van der Waals surface area contributed by atoms with Gasteiger partial charge in [0, 0.05) is 6.54 Å². The molecule has 15 heavy (non-hydrogen) atoms. The first kappa shape index (κ1) is 11.7. The van der Waals surface area contributed by atoms with Gasteiger partial charge in [-0.1, -0.05) is 5.21 Å². The number of aryl methyl sites for hydroxylation is 1. The molecule has 0 bridgehead atoms. The van der Waals surface area contributed by atoms with Gasteiger partial charge in [-0.15, -0.1) is 5.10 Å². The predicted molar refractivity (Wildman–Crippen MR) is 57.2 cm³/mol. The summed E-state index contributed by atoms with van der Waals surface area (Å²) in [6.07, 6.45) is 1.39. The predicted octanol–water partition coefficient (Wildman–Crippen LogP) is 0.604. The highest BCUT2D eigenvalue weighted by molar-refractivity contribution is 5.11. The minimum atomic E-state index is 0.347. The molecule has 0 N–H and O–H groups in total. The summed E-state index contributed by atoms with van der Waals surface area (Å²) in [5.74, 6) is 0. The molecule has 0 saturated carbocycles. The average Bonchev–Trinajstić information content (AvgIpc) is 2.50. The van der Waals surface area contributed by atoms with Gasteiger partial charge in [-0.3, -0.25) is 0 Å². The Hall–Kier alpha value is -1.41. The molecule has 0 saturated heterocycles. The first-order valence-electron chi connectivity index (χ1n) is 5.05. The first-order valence-corrected chi connectivity index (χ1v) is 5.05. The monoisotopic (exact) mass is 207 g/mol. The third-order valence-corrected chi connectivity index (χ3v) is 2.30. The van der Waals surface area contributed by atoms with E-state index in [0.29, 0.717) is 6.42 Å². The van der Waals surface area contributed by atoms with Crippen molar-refractivity contribution in [1.29, 1.82) is 5.26 Å². The van der Waals surface area contributed by atoms with Crippen molar-refractivity contribution in [2.75, 3.05) is 20.6 Å². The normalized spacial score (nSPS) is 10.6. The zero-order chi connectivity index (χ0) is 11.3. The Morgan fingerprint density at radius 1 is 1.47 bits per heavy atom. The standard InChI is InChI=1S/C10H17N5/c1-9-10(5-6-11)12-13-15(9)8-4-7-14(2)3/h4-5,7-8H2,1-3H3. The smallest absolute Gasteiger partial charge is 0.0996 e. The number of rotatable bonds is 5. The highest BCUT2D eigenvalue weighted by Gasteiger charge is 2.07. The van der Waals surface area contributed by atoms with Crippen LogP contribution in [0.1, 0.15) is 17.8 Å². The maximum absolute atomic E-state index is 8.57. The zero-order valence-corrected chi connectivity index (χ0v) is 9.56. The Bertz CT molecular complexity index is 347. The first-order chi connectivity index (χ1) is 7.15. The number of nitrogens with zero attached hydrogens (tertiary/aromatic N) is 5. The molecule has 0 unspecified atom stereocenters. The molecule has 1 aromatic rings. The van der Waals surface area contributed by atoms with E-state index >= 15 is 0 Å². The van der Waals surface area contributed by atoms with Crippen LogP contribution in [-0.2, 0) is 13.0 Å². The van der Waals surface area contributed by atoms with E-state index in [2.05, 4.69) is 35.4 Å². The van der Waals surface area contributed by atoms with Crippen LogP contribution < -0.4 is 0 Å². The van der Waals surface area contributed by atoms with Crippen LogP contribution in [0.25, 0.3) is 0 Å². The van der Waals surface area contributed by atoms with Crippen molar-refractivity contribution in [2.24, 2.45) is 0 Å². The summed E-state index contributed by atoms with van der Waals surface area (Å²) < 4.78 is 1.87. The van der Waals surface area contributed by atoms with Crippen LogP contribution in [0, 0.1) is 18.3 Å². The third kappa shape index (κ3) is 3.33. The van der Waals surface area contributed by atoms with Crippen LogP contribution in [0.5, 0.6) is 0 Å². The zero-order valence-electron chi connectivity index (χ0n) is 9.56. The number of aromatic nitrogens is 3. The molecule has 82 valence electrons. The molecule has 0 aliphatic carbocycles. The molecule has 0 spiro atoms. The van der Waals surface area contributed by atoms with E-state index in [4.69, 9.17) is 5.26 Å². The molecular formula is C10H17N5. The fourth-order valence-corrected chi connectivity index (χ4v) is 1.38. The van der Waals surface area contributed by atoms with Crippen LogP contribution in [0.15, 0.2) is 0 Å². The summed E-state index contributed by atoms with van der Waals surface area (Å²) in [6.45, 7) is 3.86. The van der Waals surface area contributed by atoms with E-state index < -0.39 is 0 Å². The molecule has 0 aliphatic heterocycles. The van der Waals surface area contributed by atoms with Crippen LogP contribution in [-0.4, -0.2) is 40.5 Å². The largest absolute Gasteiger partial charge is 0.309 e. The van der Waals surface area contributed by atoms with E-state index in [-0.39, 0.29) is 0 Å². The molecule has 1 rings (SSSR count). The summed E-state index contributed by atoms with van der Waals surface area (Å²) >= 11 is 0. The van der Waals surface area contributed by atoms with E-state index in [9.17, 15) is 0 Å². The maximum atomic E-state index is 8.57. The minimum absolute atomic E-state index is 0.347. The summed E-state index contributed by atoms with van der Waals surface area (Å²) in [6, 6.07) is 2.09. The number of nitriles is 1. The fourth-order valence-electron chi connectivity index (χ4n) is 1.38. The number of hydrogen-bond donors (Lipinski definition) is 0. The Morgan fingerprint density at radius 3 is 2.80 bits per heavy atom. The fraction of sp³-hybridized carbons (Fsp3) is 0.700. The van der Waals surface area contributed by atoms with Crippen LogP contribution >= 0.6 is 0 Å². The SMILES string of the molecule is Cc1c(CC#N)nnn1CCCN(C)C. The lowest BCUT2D eigenvalue weighted by atomic mass is 10.3. The van der Waals surface area contributed by atoms with Gasteiger partial charge in [0.25, 0.3) is 0 Å². The number of hydrogen-bond acceptors (Lipinski definition) is 4. The molecule has 5 nitrogen and oxygen atoms in total. The highest BCUT2D eigenvalue weighted by atomic mass is 15.4. The van der Waals surface area contributed by atoms with Gasteiger partial charge in [0.2, 0.25) is 0 Å². The van der Waals surface area contributed by atoms with Gasteiger partial charge in [-0.2, -0.15) is 5.26 Å². The molecule has 0 atom stereocenters. The Balaban J connectivity index is 2.52. The van der Waals surface area contributed by atoms with Gasteiger partial charge >= 0.3 is 0 Å². The summed E-state index contributed by atoms with van der Waals surface area (Å²) in [5.41, 5.74) is 1.80. The Kier molecular flexibility index (Phi) is 4.25. The van der Waals surface area contributed by atoms with Gasteiger partial charge in [0.05, 0.1) is 23.9 Å². The molecular weight excluding hydrogens is 190 g/mol. The molecule has 1 aromatic heterocycles. The molecule has 0 fully saturated rings. The van der Waals surface area contributed by atoms with Crippen molar-refractivity contribution in [2.45, 2.75) is 26.3 Å². The van der Waals surface area contributed by atoms with Gasteiger partial charge in [-0.25, -0.2) is 4.68 Å². The second-order valence-electron chi connectivity index (χ2n) is 3.84. The van der Waals surface area contributed by atoms with Gasteiger partial charge in [0.15, 0.2) is 0 Å². The van der Waals surface area contributed by atoms with E-state index in [0.717, 1.165) is 30.9 Å². The second-order valence-corrected chi connectivity index (χ2v) is 3.84. The Labute approximate surface area is 90.3 Å². The van der Waals surface area contributed by atoms with Gasteiger partial charge < -0.3 is 4.90 Å². The van der Waals surface area contributed by atoms with E-state index in [1.807, 2.05) is 11.6 Å². The molecule has 0 aliphatic rings. The molecule has 1 heterocycles. The van der Waals surface area contributed by atoms with Crippen LogP contribution in [0.2, 0.25) is 0 Å². The van der Waals surface area contributed by atoms with Gasteiger partial charge in [0.1, 0.15) is 0 Å². The lowest BCUT2D eigenvalue weighted by molar-refractivity contribution is 0.377. The molecule has 0 aromatic carbocycles.